The summed E-state index contributed by atoms with van der Waals surface area (Å²) in [4.78, 5) is 23.9. The first-order valence-corrected chi connectivity index (χ1v) is 10.8. The highest BCUT2D eigenvalue weighted by atomic mass is 16.5. The Hall–Kier alpha value is -1.58. The standard InChI is InChI=1S/C24H38O4/c1-7-21(25)28-16-13-17(2)12-15-23(4)18(3)10-11-20-19(23)9-8-14-24(20,5)22(26)27-6/h9,13,18,20H,7-8,10-12,14-16H2,1-6H3. The van der Waals surface area contributed by atoms with Crippen molar-refractivity contribution in [1.82, 2.24) is 0 Å². The monoisotopic (exact) mass is 390 g/mol. The number of ether oxygens (including phenoxy) is 2. The summed E-state index contributed by atoms with van der Waals surface area (Å²) in [6.45, 7) is 11.1. The second kappa shape index (κ2) is 9.28. The summed E-state index contributed by atoms with van der Waals surface area (Å²) in [6.07, 6.45) is 10.9. The maximum absolute atomic E-state index is 12.6. The van der Waals surface area contributed by atoms with Crippen molar-refractivity contribution in [3.63, 3.8) is 0 Å². The zero-order valence-electron chi connectivity index (χ0n) is 18.6. The van der Waals surface area contributed by atoms with Gasteiger partial charge in [0.15, 0.2) is 0 Å². The van der Waals surface area contributed by atoms with Crippen LogP contribution in [0.5, 0.6) is 0 Å². The van der Waals surface area contributed by atoms with Gasteiger partial charge in [-0.05, 0) is 75.7 Å². The second-order valence-electron chi connectivity index (χ2n) is 9.14. The number of fused-ring (bicyclic) bond motifs is 1. The Morgan fingerprint density at radius 3 is 2.64 bits per heavy atom. The lowest BCUT2D eigenvalue weighted by Crippen LogP contribution is -2.47. The third-order valence-corrected chi connectivity index (χ3v) is 7.46. The lowest BCUT2D eigenvalue weighted by molar-refractivity contribution is -0.156. The fourth-order valence-corrected chi connectivity index (χ4v) is 5.12. The molecule has 158 valence electrons. The predicted octanol–water partition coefficient (Wildman–Crippen LogP) is 5.62. The number of esters is 2. The molecule has 0 aromatic carbocycles. The van der Waals surface area contributed by atoms with Crippen molar-refractivity contribution < 1.29 is 19.1 Å². The summed E-state index contributed by atoms with van der Waals surface area (Å²) in [5, 5.41) is 0. The molecule has 0 radical (unpaired) electrons. The van der Waals surface area contributed by atoms with E-state index in [-0.39, 0.29) is 23.3 Å². The molecule has 28 heavy (non-hydrogen) atoms. The van der Waals surface area contributed by atoms with Gasteiger partial charge in [-0.3, -0.25) is 9.59 Å². The zero-order chi connectivity index (χ0) is 20.9. The van der Waals surface area contributed by atoms with Crippen molar-refractivity contribution in [2.75, 3.05) is 13.7 Å². The second-order valence-corrected chi connectivity index (χ2v) is 9.14. The maximum Gasteiger partial charge on any atom is 0.312 e. The van der Waals surface area contributed by atoms with E-state index in [1.165, 1.54) is 18.3 Å². The summed E-state index contributed by atoms with van der Waals surface area (Å²) in [6, 6.07) is 0. The Kier molecular flexibility index (Phi) is 7.52. The summed E-state index contributed by atoms with van der Waals surface area (Å²) >= 11 is 0. The molecule has 0 heterocycles. The van der Waals surface area contributed by atoms with E-state index in [2.05, 4.69) is 33.8 Å². The van der Waals surface area contributed by atoms with Crippen LogP contribution in [0.15, 0.2) is 23.3 Å². The van der Waals surface area contributed by atoms with Crippen molar-refractivity contribution >= 4 is 11.9 Å². The minimum absolute atomic E-state index is 0.0613. The van der Waals surface area contributed by atoms with Crippen molar-refractivity contribution in [3.05, 3.63) is 23.3 Å². The van der Waals surface area contributed by atoms with Crippen LogP contribution in [0, 0.1) is 22.7 Å². The van der Waals surface area contributed by atoms with Crippen LogP contribution in [-0.2, 0) is 19.1 Å². The van der Waals surface area contributed by atoms with Gasteiger partial charge >= 0.3 is 11.9 Å². The molecule has 2 aliphatic carbocycles. The Labute approximate surface area is 170 Å². The number of hydrogen-bond donors (Lipinski definition) is 0. The minimum Gasteiger partial charge on any atom is -0.469 e. The molecule has 0 saturated heterocycles. The molecule has 0 bridgehead atoms. The van der Waals surface area contributed by atoms with Crippen molar-refractivity contribution in [2.24, 2.45) is 22.7 Å². The van der Waals surface area contributed by atoms with Gasteiger partial charge in [0.05, 0.1) is 12.5 Å². The predicted molar refractivity (Wildman–Crippen MR) is 112 cm³/mol. The molecule has 0 aromatic heterocycles. The normalized spacial score (nSPS) is 32.9. The minimum atomic E-state index is -0.403. The largest absolute Gasteiger partial charge is 0.469 e. The lowest BCUT2D eigenvalue weighted by atomic mass is 9.51. The van der Waals surface area contributed by atoms with Crippen LogP contribution in [0.4, 0.5) is 0 Å². The van der Waals surface area contributed by atoms with Gasteiger partial charge in [0.2, 0.25) is 0 Å². The van der Waals surface area contributed by atoms with Gasteiger partial charge in [0.1, 0.15) is 6.61 Å². The van der Waals surface area contributed by atoms with E-state index in [0.29, 0.717) is 18.9 Å². The molecule has 4 heteroatoms. The molecule has 0 amide bonds. The number of hydrogen-bond acceptors (Lipinski definition) is 4. The van der Waals surface area contributed by atoms with Crippen LogP contribution in [0.25, 0.3) is 0 Å². The smallest absolute Gasteiger partial charge is 0.312 e. The highest BCUT2D eigenvalue weighted by Crippen LogP contribution is 2.58. The van der Waals surface area contributed by atoms with Crippen LogP contribution in [0.1, 0.15) is 79.6 Å². The molecule has 0 aromatic rings. The number of allylic oxidation sites excluding steroid dienone is 3. The maximum atomic E-state index is 12.6. The first-order valence-electron chi connectivity index (χ1n) is 10.8. The molecule has 2 rings (SSSR count). The third kappa shape index (κ3) is 4.52. The summed E-state index contributed by atoms with van der Waals surface area (Å²) < 4.78 is 10.4. The van der Waals surface area contributed by atoms with Gasteiger partial charge in [-0.15, -0.1) is 0 Å². The highest BCUT2D eigenvalue weighted by Gasteiger charge is 2.52. The van der Waals surface area contributed by atoms with Crippen molar-refractivity contribution in [1.29, 1.82) is 0 Å². The van der Waals surface area contributed by atoms with E-state index < -0.39 is 5.41 Å². The average molecular weight is 391 g/mol. The molecular formula is C24H38O4. The van der Waals surface area contributed by atoms with Gasteiger partial charge in [-0.2, -0.15) is 0 Å². The van der Waals surface area contributed by atoms with Gasteiger partial charge in [-0.25, -0.2) is 0 Å². The topological polar surface area (TPSA) is 52.6 Å². The molecule has 4 unspecified atom stereocenters. The van der Waals surface area contributed by atoms with E-state index >= 15 is 0 Å². The van der Waals surface area contributed by atoms with Crippen molar-refractivity contribution in [2.45, 2.75) is 79.6 Å². The van der Waals surface area contributed by atoms with E-state index in [1.54, 1.807) is 6.92 Å². The first kappa shape index (κ1) is 22.7. The first-order chi connectivity index (χ1) is 13.2. The Morgan fingerprint density at radius 1 is 1.29 bits per heavy atom. The van der Waals surface area contributed by atoms with Gasteiger partial charge < -0.3 is 9.47 Å². The van der Waals surface area contributed by atoms with E-state index in [9.17, 15) is 9.59 Å². The van der Waals surface area contributed by atoms with Gasteiger partial charge in [0.25, 0.3) is 0 Å². The van der Waals surface area contributed by atoms with E-state index in [0.717, 1.165) is 38.5 Å². The number of methoxy groups -OCH3 is 1. The fraction of sp³-hybridized carbons (Fsp3) is 0.750. The molecule has 1 fully saturated rings. The molecule has 0 aliphatic heterocycles. The zero-order valence-corrected chi connectivity index (χ0v) is 18.6. The molecule has 4 nitrogen and oxygen atoms in total. The molecule has 4 atom stereocenters. The lowest BCUT2D eigenvalue weighted by Gasteiger charge is -2.53. The van der Waals surface area contributed by atoms with E-state index in [4.69, 9.17) is 9.47 Å². The van der Waals surface area contributed by atoms with Crippen LogP contribution >= 0.6 is 0 Å². The van der Waals surface area contributed by atoms with Crippen LogP contribution in [0.3, 0.4) is 0 Å². The number of carbonyl (C=O) groups is 2. The third-order valence-electron chi connectivity index (χ3n) is 7.46. The van der Waals surface area contributed by atoms with Crippen LogP contribution < -0.4 is 0 Å². The fourth-order valence-electron chi connectivity index (χ4n) is 5.12. The molecule has 0 spiro atoms. The summed E-state index contributed by atoms with van der Waals surface area (Å²) in [7, 11) is 1.51. The Bertz CT molecular complexity index is 647. The quantitative estimate of drug-likeness (QED) is 0.418. The van der Waals surface area contributed by atoms with Gasteiger partial charge in [0, 0.05) is 6.42 Å². The van der Waals surface area contributed by atoms with Crippen LogP contribution in [-0.4, -0.2) is 25.7 Å². The highest BCUT2D eigenvalue weighted by molar-refractivity contribution is 5.77. The molecule has 2 aliphatic rings. The molecule has 0 N–H and O–H groups in total. The average Bonchev–Trinajstić information content (AvgIpc) is 2.69. The van der Waals surface area contributed by atoms with Gasteiger partial charge in [-0.1, -0.05) is 38.0 Å². The number of carbonyl (C=O) groups excluding carboxylic acids is 2. The Balaban J connectivity index is 2.13. The summed E-state index contributed by atoms with van der Waals surface area (Å²) in [5.74, 6) is 0.647. The molecular weight excluding hydrogens is 352 g/mol. The summed E-state index contributed by atoms with van der Waals surface area (Å²) in [5.41, 5.74) is 2.41. The van der Waals surface area contributed by atoms with E-state index in [1.807, 2.05) is 6.08 Å². The van der Waals surface area contributed by atoms with Crippen molar-refractivity contribution in [3.8, 4) is 0 Å². The van der Waals surface area contributed by atoms with Crippen LogP contribution in [0.2, 0.25) is 0 Å². The number of rotatable bonds is 7. The Morgan fingerprint density at radius 2 is 2.00 bits per heavy atom. The SMILES string of the molecule is CCC(=O)OCC=C(C)CCC1(C)C2=CCCC(C)(C(=O)OC)C2CCC1C. The molecule has 1 saturated carbocycles.